The highest BCUT2D eigenvalue weighted by Gasteiger charge is 2.28. The van der Waals surface area contributed by atoms with Gasteiger partial charge in [-0.1, -0.05) is 18.2 Å². The van der Waals surface area contributed by atoms with Gasteiger partial charge in [0.05, 0.1) is 18.6 Å². The number of carbonyl (C=O) groups is 1. The fourth-order valence-corrected chi connectivity index (χ4v) is 4.30. The Hall–Kier alpha value is -2.80. The van der Waals surface area contributed by atoms with Gasteiger partial charge in [-0.25, -0.2) is 8.42 Å². The van der Waals surface area contributed by atoms with Crippen molar-refractivity contribution in [3.05, 3.63) is 60.2 Å². The van der Waals surface area contributed by atoms with Crippen molar-refractivity contribution in [2.45, 2.75) is 6.42 Å². The first kappa shape index (κ1) is 18.0. The summed E-state index contributed by atoms with van der Waals surface area (Å²) in [4.78, 5) is 12.0. The molecule has 1 aliphatic heterocycles. The van der Waals surface area contributed by atoms with Gasteiger partial charge in [0.25, 0.3) is 0 Å². The molecule has 0 spiro atoms. The van der Waals surface area contributed by atoms with Crippen LogP contribution < -0.4 is 14.4 Å². The minimum absolute atomic E-state index is 0.194. The van der Waals surface area contributed by atoms with Crippen molar-refractivity contribution in [1.82, 2.24) is 0 Å². The first-order valence-corrected chi connectivity index (χ1v) is 9.82. The molecule has 0 atom stereocenters. The highest BCUT2D eigenvalue weighted by Crippen LogP contribution is 2.24. The third-order valence-electron chi connectivity index (χ3n) is 4.04. The van der Waals surface area contributed by atoms with E-state index in [1.54, 1.807) is 61.7 Å². The molecule has 2 aromatic carbocycles. The number of benzene rings is 2. The van der Waals surface area contributed by atoms with Crippen molar-refractivity contribution in [3.63, 3.8) is 0 Å². The van der Waals surface area contributed by atoms with E-state index in [0.29, 0.717) is 30.1 Å². The number of methoxy groups -OCH3 is 1. The van der Waals surface area contributed by atoms with Gasteiger partial charge in [0.2, 0.25) is 15.9 Å². The fourth-order valence-electron chi connectivity index (χ4n) is 2.74. The average Bonchev–Trinajstić information content (AvgIpc) is 3.00. The molecule has 0 aliphatic carbocycles. The van der Waals surface area contributed by atoms with Crippen molar-refractivity contribution >= 4 is 33.4 Å². The fraction of sp³-hybridized carbons (Fsp3) is 0.211. The molecule has 6 nitrogen and oxygen atoms in total. The van der Waals surface area contributed by atoms with Crippen LogP contribution in [0, 0.1) is 0 Å². The Bertz CT molecular complexity index is 921. The minimum Gasteiger partial charge on any atom is -0.497 e. The monoisotopic (exact) mass is 372 g/mol. The molecule has 0 unspecified atom stereocenters. The zero-order valence-electron chi connectivity index (χ0n) is 14.4. The molecule has 0 radical (unpaired) electrons. The van der Waals surface area contributed by atoms with Gasteiger partial charge in [-0.2, -0.15) is 0 Å². The zero-order valence-corrected chi connectivity index (χ0v) is 15.2. The summed E-state index contributed by atoms with van der Waals surface area (Å²) in [5.41, 5.74) is 2.11. The molecule has 1 N–H and O–H groups in total. The summed E-state index contributed by atoms with van der Waals surface area (Å²) in [7, 11) is -1.61. The van der Waals surface area contributed by atoms with Crippen LogP contribution in [0.4, 0.5) is 11.4 Å². The van der Waals surface area contributed by atoms with E-state index >= 15 is 0 Å². The number of sulfonamides is 1. The third-order valence-corrected chi connectivity index (χ3v) is 5.91. The molecule has 1 aliphatic rings. The second kappa shape index (κ2) is 7.61. The number of nitrogens with one attached hydrogen (secondary N) is 1. The van der Waals surface area contributed by atoms with Crippen LogP contribution in [0.25, 0.3) is 6.08 Å². The Kier molecular flexibility index (Phi) is 5.27. The second-order valence-electron chi connectivity index (χ2n) is 5.89. The highest BCUT2D eigenvalue weighted by molar-refractivity contribution is 7.93. The van der Waals surface area contributed by atoms with Crippen LogP contribution in [0.3, 0.4) is 0 Å². The first-order valence-electron chi connectivity index (χ1n) is 8.21. The van der Waals surface area contributed by atoms with Gasteiger partial charge in [0.1, 0.15) is 5.75 Å². The number of hydrogen-bond acceptors (Lipinski definition) is 4. The lowest BCUT2D eigenvalue weighted by molar-refractivity contribution is -0.111. The predicted molar refractivity (Wildman–Crippen MR) is 103 cm³/mol. The van der Waals surface area contributed by atoms with Crippen LogP contribution in [-0.2, 0) is 14.8 Å². The van der Waals surface area contributed by atoms with Gasteiger partial charge in [-0.3, -0.25) is 9.10 Å². The summed E-state index contributed by atoms with van der Waals surface area (Å²) in [6.45, 7) is 0.514. The summed E-state index contributed by atoms with van der Waals surface area (Å²) in [5, 5.41) is 2.76. The molecule has 1 saturated heterocycles. The number of carbonyl (C=O) groups excluding carboxylic acids is 1. The van der Waals surface area contributed by atoms with Crippen molar-refractivity contribution in [3.8, 4) is 5.75 Å². The Labute approximate surface area is 153 Å². The number of nitrogens with zero attached hydrogens (tertiary/aromatic N) is 1. The molecule has 1 amide bonds. The van der Waals surface area contributed by atoms with Crippen LogP contribution in [0.1, 0.15) is 12.0 Å². The maximum Gasteiger partial charge on any atom is 0.248 e. The maximum atomic E-state index is 12.0. The molecule has 26 heavy (non-hydrogen) atoms. The van der Waals surface area contributed by atoms with Crippen molar-refractivity contribution in [1.29, 1.82) is 0 Å². The van der Waals surface area contributed by atoms with Gasteiger partial charge < -0.3 is 10.1 Å². The summed E-state index contributed by atoms with van der Waals surface area (Å²) < 4.78 is 30.4. The van der Waals surface area contributed by atoms with E-state index < -0.39 is 10.0 Å². The molecule has 3 rings (SSSR count). The Morgan fingerprint density at radius 1 is 1.19 bits per heavy atom. The van der Waals surface area contributed by atoms with E-state index in [2.05, 4.69) is 5.32 Å². The van der Waals surface area contributed by atoms with E-state index in [-0.39, 0.29) is 11.7 Å². The SMILES string of the molecule is COc1cccc(NC(=O)C=Cc2ccc(N3CCCS3(=O)=O)cc2)c1. The quantitative estimate of drug-likeness (QED) is 0.819. The summed E-state index contributed by atoms with van der Waals surface area (Å²) >= 11 is 0. The molecule has 1 fully saturated rings. The largest absolute Gasteiger partial charge is 0.497 e. The van der Waals surface area contributed by atoms with Crippen LogP contribution in [0.5, 0.6) is 5.75 Å². The van der Waals surface area contributed by atoms with Gasteiger partial charge in [0, 0.05) is 24.4 Å². The van der Waals surface area contributed by atoms with Crippen LogP contribution >= 0.6 is 0 Å². The van der Waals surface area contributed by atoms with Crippen molar-refractivity contribution in [2.24, 2.45) is 0 Å². The van der Waals surface area contributed by atoms with Crippen LogP contribution in [-0.4, -0.2) is 33.7 Å². The normalized spacial score (nSPS) is 16.0. The number of amides is 1. The standard InChI is InChI=1S/C19H20N2O4S/c1-25-18-5-2-4-16(14-18)20-19(22)11-8-15-6-9-17(10-7-15)21-12-3-13-26(21,23)24/h2,4-11,14H,3,12-13H2,1H3,(H,20,22). The molecule has 0 bridgehead atoms. The highest BCUT2D eigenvalue weighted by atomic mass is 32.2. The number of rotatable bonds is 5. The number of anilines is 2. The minimum atomic E-state index is -3.18. The Morgan fingerprint density at radius 3 is 2.62 bits per heavy atom. The van der Waals surface area contributed by atoms with E-state index in [1.807, 2.05) is 0 Å². The van der Waals surface area contributed by atoms with Crippen LogP contribution in [0.15, 0.2) is 54.6 Å². The molecular weight excluding hydrogens is 352 g/mol. The summed E-state index contributed by atoms with van der Waals surface area (Å²) in [6.07, 6.45) is 3.76. The Balaban J connectivity index is 1.64. The number of ether oxygens (including phenoxy) is 1. The van der Waals surface area contributed by atoms with Gasteiger partial charge in [0.15, 0.2) is 0 Å². The predicted octanol–water partition coefficient (Wildman–Crippen LogP) is 2.89. The van der Waals surface area contributed by atoms with E-state index in [4.69, 9.17) is 4.74 Å². The number of hydrogen-bond donors (Lipinski definition) is 1. The summed E-state index contributed by atoms with van der Waals surface area (Å²) in [5.74, 6) is 0.600. The van der Waals surface area contributed by atoms with Gasteiger partial charge >= 0.3 is 0 Å². The maximum absolute atomic E-state index is 12.0. The summed E-state index contributed by atoms with van der Waals surface area (Å²) in [6, 6.07) is 14.2. The molecule has 136 valence electrons. The smallest absolute Gasteiger partial charge is 0.248 e. The molecular formula is C19H20N2O4S. The van der Waals surface area contributed by atoms with E-state index in [9.17, 15) is 13.2 Å². The van der Waals surface area contributed by atoms with E-state index in [1.165, 1.54) is 10.4 Å². The van der Waals surface area contributed by atoms with Crippen LogP contribution in [0.2, 0.25) is 0 Å². The second-order valence-corrected chi connectivity index (χ2v) is 7.90. The molecule has 0 saturated carbocycles. The lowest BCUT2D eigenvalue weighted by atomic mass is 10.2. The lowest BCUT2D eigenvalue weighted by Crippen LogP contribution is -2.24. The van der Waals surface area contributed by atoms with E-state index in [0.717, 1.165) is 5.56 Å². The van der Waals surface area contributed by atoms with Crippen molar-refractivity contribution < 1.29 is 17.9 Å². The lowest BCUT2D eigenvalue weighted by Gasteiger charge is -2.16. The van der Waals surface area contributed by atoms with Crippen molar-refractivity contribution in [2.75, 3.05) is 29.0 Å². The zero-order chi connectivity index (χ0) is 18.6. The molecule has 1 heterocycles. The third kappa shape index (κ3) is 4.23. The topological polar surface area (TPSA) is 75.7 Å². The van der Waals surface area contributed by atoms with Gasteiger partial charge in [-0.05, 0) is 42.3 Å². The molecule has 2 aromatic rings. The first-order chi connectivity index (χ1) is 12.5. The molecule has 0 aromatic heterocycles. The average molecular weight is 372 g/mol. The van der Waals surface area contributed by atoms with Gasteiger partial charge in [-0.15, -0.1) is 0 Å². The molecule has 7 heteroatoms. The Morgan fingerprint density at radius 2 is 1.96 bits per heavy atom.